The summed E-state index contributed by atoms with van der Waals surface area (Å²) in [6.07, 6.45) is 2.95. The summed E-state index contributed by atoms with van der Waals surface area (Å²) >= 11 is 0. The van der Waals surface area contributed by atoms with Gasteiger partial charge in [-0.2, -0.15) is 4.39 Å². The molecule has 6 nitrogen and oxygen atoms in total. The third kappa shape index (κ3) is 3.76. The lowest BCUT2D eigenvalue weighted by atomic mass is 10.2. The molecule has 0 spiro atoms. The van der Waals surface area contributed by atoms with Crippen molar-refractivity contribution in [3.63, 3.8) is 0 Å². The zero-order valence-corrected chi connectivity index (χ0v) is 12.6. The first kappa shape index (κ1) is 15.8. The molecule has 0 heterocycles. The SMILES string of the molecule is Cc1cc(F)c([N+](=O)[O-])cc1S(=O)(=O)NC(C)CC1CC1. The molecule has 1 N–H and O–H groups in total. The van der Waals surface area contributed by atoms with Crippen LogP contribution in [0.5, 0.6) is 0 Å². The molecule has 1 unspecified atom stereocenters. The molecule has 1 saturated carbocycles. The largest absolute Gasteiger partial charge is 0.306 e. The van der Waals surface area contributed by atoms with Gasteiger partial charge in [-0.25, -0.2) is 13.1 Å². The number of rotatable bonds is 6. The van der Waals surface area contributed by atoms with Gasteiger partial charge in [0.1, 0.15) is 0 Å². The molecule has 116 valence electrons. The Morgan fingerprint density at radius 2 is 2.10 bits per heavy atom. The maximum Gasteiger partial charge on any atom is 0.306 e. The number of nitrogens with one attached hydrogen (secondary N) is 1. The maximum atomic E-state index is 13.5. The summed E-state index contributed by atoms with van der Waals surface area (Å²) in [4.78, 5) is 9.56. The topological polar surface area (TPSA) is 89.3 Å². The van der Waals surface area contributed by atoms with Crippen molar-refractivity contribution >= 4 is 15.7 Å². The van der Waals surface area contributed by atoms with E-state index in [4.69, 9.17) is 0 Å². The molecule has 1 aliphatic rings. The van der Waals surface area contributed by atoms with Gasteiger partial charge in [0.05, 0.1) is 9.82 Å². The van der Waals surface area contributed by atoms with Crippen molar-refractivity contribution in [2.45, 2.75) is 44.0 Å². The van der Waals surface area contributed by atoms with Crippen molar-refractivity contribution < 1.29 is 17.7 Å². The first-order valence-corrected chi connectivity index (χ1v) is 8.16. The Kier molecular flexibility index (Phi) is 4.29. The molecule has 2 rings (SSSR count). The highest BCUT2D eigenvalue weighted by Gasteiger charge is 2.28. The van der Waals surface area contributed by atoms with E-state index in [1.807, 2.05) is 0 Å². The van der Waals surface area contributed by atoms with Crippen LogP contribution in [0.3, 0.4) is 0 Å². The van der Waals surface area contributed by atoms with Gasteiger partial charge in [-0.3, -0.25) is 10.1 Å². The molecule has 0 saturated heterocycles. The van der Waals surface area contributed by atoms with E-state index in [1.54, 1.807) is 6.92 Å². The summed E-state index contributed by atoms with van der Waals surface area (Å²) < 4.78 is 40.5. The van der Waals surface area contributed by atoms with Gasteiger partial charge in [0.15, 0.2) is 0 Å². The summed E-state index contributed by atoms with van der Waals surface area (Å²) in [6, 6.07) is 1.39. The normalized spacial score (nSPS) is 16.7. The van der Waals surface area contributed by atoms with Gasteiger partial charge < -0.3 is 0 Å². The van der Waals surface area contributed by atoms with Crippen LogP contribution in [0.25, 0.3) is 0 Å². The van der Waals surface area contributed by atoms with Crippen LogP contribution in [-0.2, 0) is 10.0 Å². The first-order chi connectivity index (χ1) is 9.70. The molecule has 1 aromatic rings. The fourth-order valence-corrected chi connectivity index (χ4v) is 3.80. The number of nitro groups is 1. The maximum absolute atomic E-state index is 13.5. The Morgan fingerprint density at radius 1 is 1.48 bits per heavy atom. The average Bonchev–Trinajstić information content (AvgIpc) is 3.10. The zero-order valence-electron chi connectivity index (χ0n) is 11.8. The van der Waals surface area contributed by atoms with E-state index in [0.717, 1.165) is 31.4 Å². The van der Waals surface area contributed by atoms with Crippen LogP contribution in [0.15, 0.2) is 17.0 Å². The summed E-state index contributed by atoms with van der Waals surface area (Å²) in [5.41, 5.74) is -0.694. The van der Waals surface area contributed by atoms with E-state index in [2.05, 4.69) is 4.72 Å². The van der Waals surface area contributed by atoms with Gasteiger partial charge in [-0.1, -0.05) is 12.8 Å². The number of halogens is 1. The highest BCUT2D eigenvalue weighted by atomic mass is 32.2. The molecule has 0 amide bonds. The standard InChI is InChI=1S/C13H17FN2O4S/c1-8-5-11(14)12(16(17)18)7-13(8)21(19,20)15-9(2)6-10-3-4-10/h5,7,9-10,15H,3-4,6H2,1-2H3. The van der Waals surface area contributed by atoms with E-state index in [0.29, 0.717) is 5.92 Å². The van der Waals surface area contributed by atoms with E-state index >= 15 is 0 Å². The molecule has 0 aromatic heterocycles. The average molecular weight is 316 g/mol. The second kappa shape index (κ2) is 5.69. The van der Waals surface area contributed by atoms with Crippen LogP contribution in [-0.4, -0.2) is 19.4 Å². The lowest BCUT2D eigenvalue weighted by molar-refractivity contribution is -0.387. The summed E-state index contributed by atoms with van der Waals surface area (Å²) in [5, 5.41) is 10.7. The van der Waals surface area contributed by atoms with Crippen molar-refractivity contribution in [1.29, 1.82) is 0 Å². The predicted molar refractivity (Wildman–Crippen MR) is 74.9 cm³/mol. The molecular formula is C13H17FN2O4S. The minimum Gasteiger partial charge on any atom is -0.258 e. The number of hydrogen-bond acceptors (Lipinski definition) is 4. The Bertz CT molecular complexity index is 671. The molecule has 1 fully saturated rings. The fraction of sp³-hybridized carbons (Fsp3) is 0.538. The van der Waals surface area contributed by atoms with Crippen molar-refractivity contribution in [1.82, 2.24) is 4.72 Å². The van der Waals surface area contributed by atoms with Crippen LogP contribution < -0.4 is 4.72 Å². The second-order valence-electron chi connectivity index (χ2n) is 5.53. The van der Waals surface area contributed by atoms with Crippen molar-refractivity contribution in [2.75, 3.05) is 0 Å². The number of sulfonamides is 1. The molecule has 0 bridgehead atoms. The monoisotopic (exact) mass is 316 g/mol. The lowest BCUT2D eigenvalue weighted by Crippen LogP contribution is -2.33. The zero-order chi connectivity index (χ0) is 15.8. The minimum absolute atomic E-state index is 0.143. The van der Waals surface area contributed by atoms with Gasteiger partial charge >= 0.3 is 5.69 Å². The van der Waals surface area contributed by atoms with Gasteiger partial charge in [-0.15, -0.1) is 0 Å². The summed E-state index contributed by atoms with van der Waals surface area (Å²) in [7, 11) is -3.90. The minimum atomic E-state index is -3.90. The smallest absolute Gasteiger partial charge is 0.258 e. The molecule has 1 atom stereocenters. The van der Waals surface area contributed by atoms with Gasteiger partial charge in [0.25, 0.3) is 0 Å². The van der Waals surface area contributed by atoms with Gasteiger partial charge in [0.2, 0.25) is 15.8 Å². The quantitative estimate of drug-likeness (QED) is 0.645. The summed E-state index contributed by atoms with van der Waals surface area (Å²) in [5.74, 6) is -0.492. The molecule has 21 heavy (non-hydrogen) atoms. The van der Waals surface area contributed by atoms with E-state index in [-0.39, 0.29) is 16.5 Å². The van der Waals surface area contributed by atoms with Crippen molar-refractivity contribution in [3.05, 3.63) is 33.6 Å². The van der Waals surface area contributed by atoms with Crippen molar-refractivity contribution in [2.24, 2.45) is 5.92 Å². The Hall–Kier alpha value is -1.54. The number of nitrogens with zero attached hydrogens (tertiary/aromatic N) is 1. The number of benzene rings is 1. The lowest BCUT2D eigenvalue weighted by Gasteiger charge is -2.15. The Balaban J connectivity index is 2.29. The van der Waals surface area contributed by atoms with E-state index in [9.17, 15) is 22.9 Å². The molecule has 8 heteroatoms. The molecule has 1 aliphatic carbocycles. The Morgan fingerprint density at radius 3 is 2.62 bits per heavy atom. The fourth-order valence-electron chi connectivity index (χ4n) is 2.30. The van der Waals surface area contributed by atoms with Gasteiger partial charge in [0, 0.05) is 12.1 Å². The van der Waals surface area contributed by atoms with Crippen LogP contribution in [0.2, 0.25) is 0 Å². The van der Waals surface area contributed by atoms with Crippen molar-refractivity contribution in [3.8, 4) is 0 Å². The van der Waals surface area contributed by atoms with E-state index in [1.165, 1.54) is 6.92 Å². The van der Waals surface area contributed by atoms with Crippen LogP contribution in [0.4, 0.5) is 10.1 Å². The highest BCUT2D eigenvalue weighted by Crippen LogP contribution is 2.34. The highest BCUT2D eigenvalue weighted by molar-refractivity contribution is 7.89. The third-order valence-electron chi connectivity index (χ3n) is 3.47. The molecular weight excluding hydrogens is 299 g/mol. The first-order valence-electron chi connectivity index (χ1n) is 6.67. The molecule has 0 aliphatic heterocycles. The Labute approximate surface area is 122 Å². The number of hydrogen-bond donors (Lipinski definition) is 1. The van der Waals surface area contributed by atoms with Crippen LogP contribution in [0, 0.1) is 28.8 Å². The predicted octanol–water partition coefficient (Wildman–Crippen LogP) is 2.51. The molecule has 1 aromatic carbocycles. The van der Waals surface area contributed by atoms with Gasteiger partial charge in [-0.05, 0) is 37.8 Å². The number of nitro benzene ring substituents is 1. The van der Waals surface area contributed by atoms with Crippen LogP contribution in [0.1, 0.15) is 31.7 Å². The summed E-state index contributed by atoms with van der Waals surface area (Å²) in [6.45, 7) is 3.16. The third-order valence-corrected chi connectivity index (χ3v) is 5.20. The van der Waals surface area contributed by atoms with Crippen LogP contribution >= 0.6 is 0 Å². The second-order valence-corrected chi connectivity index (χ2v) is 7.21. The molecule has 0 radical (unpaired) electrons. The van der Waals surface area contributed by atoms with E-state index < -0.39 is 26.5 Å². The number of aryl methyl sites for hydroxylation is 1.